The van der Waals surface area contributed by atoms with Crippen LogP contribution in [0.1, 0.15) is 42.4 Å². The maximum absolute atomic E-state index is 12.8. The third-order valence-corrected chi connectivity index (χ3v) is 4.91. The molecule has 3 aromatic rings. The second-order valence-electron chi connectivity index (χ2n) is 7.61. The molecule has 0 bridgehead atoms. The Kier molecular flexibility index (Phi) is 4.82. The summed E-state index contributed by atoms with van der Waals surface area (Å²) in [4.78, 5) is 32.1. The number of halogens is 1. The molecule has 0 unspecified atom stereocenters. The van der Waals surface area contributed by atoms with Crippen LogP contribution in [0.15, 0.2) is 35.3 Å². The van der Waals surface area contributed by atoms with E-state index in [0.717, 1.165) is 16.7 Å². The number of aromatic nitrogens is 2. The number of nitrogens with one attached hydrogen (secondary N) is 2. The van der Waals surface area contributed by atoms with Gasteiger partial charge < -0.3 is 10.3 Å². The standard InChI is InChI=1S/C21H22ClN3O2/c1-11-8-13(21(2,3)4)14(22)9-12(11)16-10-17(26)18-15(25-16)6-7-24-19(18)20(27)23-5/h6-10H,1-5H3,(H,23,27)(H,25,26). The Hall–Kier alpha value is -2.66. The maximum Gasteiger partial charge on any atom is 0.270 e. The van der Waals surface area contributed by atoms with E-state index in [1.54, 1.807) is 6.07 Å². The van der Waals surface area contributed by atoms with Gasteiger partial charge in [0.2, 0.25) is 0 Å². The lowest BCUT2D eigenvalue weighted by Crippen LogP contribution is -2.22. The van der Waals surface area contributed by atoms with Gasteiger partial charge in [-0.25, -0.2) is 0 Å². The van der Waals surface area contributed by atoms with Gasteiger partial charge in [-0.15, -0.1) is 0 Å². The van der Waals surface area contributed by atoms with Crippen LogP contribution in [-0.4, -0.2) is 22.9 Å². The highest BCUT2D eigenvalue weighted by Gasteiger charge is 2.20. The number of rotatable bonds is 2. The molecule has 0 saturated heterocycles. The topological polar surface area (TPSA) is 74.8 Å². The zero-order valence-corrected chi connectivity index (χ0v) is 16.8. The van der Waals surface area contributed by atoms with Crippen molar-refractivity contribution in [2.24, 2.45) is 0 Å². The van der Waals surface area contributed by atoms with Gasteiger partial charge in [0.25, 0.3) is 5.91 Å². The van der Waals surface area contributed by atoms with Crippen molar-refractivity contribution in [3.63, 3.8) is 0 Å². The number of hydrogen-bond acceptors (Lipinski definition) is 3. The van der Waals surface area contributed by atoms with Crippen LogP contribution in [0.25, 0.3) is 22.2 Å². The molecule has 140 valence electrons. The third-order valence-electron chi connectivity index (χ3n) is 4.60. The molecule has 0 spiro atoms. The van der Waals surface area contributed by atoms with Gasteiger partial charge in [-0.05, 0) is 35.6 Å². The molecule has 5 nitrogen and oxygen atoms in total. The van der Waals surface area contributed by atoms with Crippen molar-refractivity contribution in [3.05, 3.63) is 62.5 Å². The van der Waals surface area contributed by atoms with E-state index in [4.69, 9.17) is 11.6 Å². The first kappa shape index (κ1) is 19.1. The average Bonchev–Trinajstić information content (AvgIpc) is 2.61. The maximum atomic E-state index is 12.8. The van der Waals surface area contributed by atoms with Gasteiger partial charge in [-0.2, -0.15) is 0 Å². The highest BCUT2D eigenvalue weighted by molar-refractivity contribution is 6.31. The van der Waals surface area contributed by atoms with Gasteiger partial charge in [0.05, 0.1) is 16.6 Å². The van der Waals surface area contributed by atoms with Crippen LogP contribution in [0.5, 0.6) is 0 Å². The van der Waals surface area contributed by atoms with E-state index in [1.165, 1.54) is 19.3 Å². The second kappa shape index (κ2) is 6.82. The number of carbonyl (C=O) groups is 1. The summed E-state index contributed by atoms with van der Waals surface area (Å²) in [5.74, 6) is -0.396. The molecule has 1 aromatic carbocycles. The van der Waals surface area contributed by atoms with E-state index in [0.29, 0.717) is 16.2 Å². The Balaban J connectivity index is 2.24. The number of H-pyrrole nitrogens is 1. The Morgan fingerprint density at radius 3 is 2.56 bits per heavy atom. The lowest BCUT2D eigenvalue weighted by molar-refractivity contribution is 0.0960. The summed E-state index contributed by atoms with van der Waals surface area (Å²) in [6.45, 7) is 8.32. The molecule has 2 N–H and O–H groups in total. The van der Waals surface area contributed by atoms with Crippen LogP contribution in [0.3, 0.4) is 0 Å². The highest BCUT2D eigenvalue weighted by atomic mass is 35.5. The van der Waals surface area contributed by atoms with Gasteiger partial charge in [-0.3, -0.25) is 14.6 Å². The molecule has 0 aliphatic heterocycles. The zero-order chi connectivity index (χ0) is 19.9. The Morgan fingerprint density at radius 1 is 1.22 bits per heavy atom. The summed E-state index contributed by atoms with van der Waals surface area (Å²) in [7, 11) is 1.51. The number of fused-ring (bicyclic) bond motifs is 1. The van der Waals surface area contributed by atoms with Crippen LogP contribution >= 0.6 is 11.6 Å². The number of hydrogen-bond donors (Lipinski definition) is 2. The van der Waals surface area contributed by atoms with E-state index in [-0.39, 0.29) is 21.9 Å². The minimum Gasteiger partial charge on any atom is -0.354 e. The van der Waals surface area contributed by atoms with E-state index in [9.17, 15) is 9.59 Å². The Morgan fingerprint density at radius 2 is 1.93 bits per heavy atom. The average molecular weight is 384 g/mol. The monoisotopic (exact) mass is 383 g/mol. The summed E-state index contributed by atoms with van der Waals surface area (Å²) < 4.78 is 0. The number of benzene rings is 1. The SMILES string of the molecule is CNC(=O)c1nccc2[nH]c(-c3cc(Cl)c(C(C)(C)C)cc3C)cc(=O)c12. The molecule has 1 amide bonds. The van der Waals surface area contributed by atoms with E-state index >= 15 is 0 Å². The molecule has 0 radical (unpaired) electrons. The number of carbonyl (C=O) groups excluding carboxylic acids is 1. The Labute approximate surface area is 162 Å². The molecule has 6 heteroatoms. The van der Waals surface area contributed by atoms with Gasteiger partial charge in [0.1, 0.15) is 5.69 Å². The first-order valence-corrected chi connectivity index (χ1v) is 9.06. The molecule has 2 aromatic heterocycles. The zero-order valence-electron chi connectivity index (χ0n) is 16.0. The van der Waals surface area contributed by atoms with Gasteiger partial charge >= 0.3 is 0 Å². The number of pyridine rings is 2. The summed E-state index contributed by atoms with van der Waals surface area (Å²) in [5.41, 5.74) is 3.90. The second-order valence-corrected chi connectivity index (χ2v) is 8.01. The van der Waals surface area contributed by atoms with Crippen molar-refractivity contribution in [2.45, 2.75) is 33.1 Å². The van der Waals surface area contributed by atoms with Crippen LogP contribution in [0.4, 0.5) is 0 Å². The first-order valence-electron chi connectivity index (χ1n) is 8.68. The van der Waals surface area contributed by atoms with Crippen molar-refractivity contribution in [1.29, 1.82) is 0 Å². The third kappa shape index (κ3) is 3.47. The van der Waals surface area contributed by atoms with Crippen LogP contribution in [-0.2, 0) is 5.41 Å². The Bertz CT molecular complexity index is 1110. The minimum atomic E-state index is -0.396. The van der Waals surface area contributed by atoms with E-state index in [1.807, 2.05) is 13.0 Å². The molecule has 0 aliphatic carbocycles. The van der Waals surface area contributed by atoms with Crippen molar-refractivity contribution in [3.8, 4) is 11.3 Å². The highest BCUT2D eigenvalue weighted by Crippen LogP contribution is 2.35. The predicted octanol–water partition coefficient (Wildman–Crippen LogP) is 4.21. The quantitative estimate of drug-likeness (QED) is 0.696. The smallest absolute Gasteiger partial charge is 0.270 e. The number of aromatic amines is 1. The molecule has 0 fully saturated rings. The lowest BCUT2D eigenvalue weighted by atomic mass is 9.85. The summed E-state index contributed by atoms with van der Waals surface area (Å²) >= 11 is 6.52. The van der Waals surface area contributed by atoms with Crippen molar-refractivity contribution >= 4 is 28.4 Å². The molecule has 0 atom stereocenters. The van der Waals surface area contributed by atoms with E-state index in [2.05, 4.69) is 42.1 Å². The molecule has 0 saturated carbocycles. The molecule has 2 heterocycles. The van der Waals surface area contributed by atoms with Crippen molar-refractivity contribution in [2.75, 3.05) is 7.05 Å². The number of nitrogens with zero attached hydrogens (tertiary/aromatic N) is 1. The minimum absolute atomic E-state index is 0.0781. The summed E-state index contributed by atoms with van der Waals surface area (Å²) in [5, 5.41) is 3.44. The fourth-order valence-electron chi connectivity index (χ4n) is 3.18. The lowest BCUT2D eigenvalue weighted by Gasteiger charge is -2.22. The van der Waals surface area contributed by atoms with E-state index < -0.39 is 5.91 Å². The van der Waals surface area contributed by atoms with Gasteiger partial charge in [-0.1, -0.05) is 38.4 Å². The fraction of sp³-hybridized carbons (Fsp3) is 0.286. The van der Waals surface area contributed by atoms with Gasteiger partial charge in [0, 0.05) is 29.9 Å². The van der Waals surface area contributed by atoms with Crippen molar-refractivity contribution < 1.29 is 4.79 Å². The summed E-state index contributed by atoms with van der Waals surface area (Å²) in [6, 6.07) is 7.12. The largest absolute Gasteiger partial charge is 0.354 e. The van der Waals surface area contributed by atoms with Gasteiger partial charge in [0.15, 0.2) is 5.43 Å². The fourth-order valence-corrected chi connectivity index (χ4v) is 3.63. The molecule has 3 rings (SSSR count). The predicted molar refractivity (Wildman–Crippen MR) is 110 cm³/mol. The molecule has 0 aliphatic rings. The number of aryl methyl sites for hydroxylation is 1. The molecular weight excluding hydrogens is 362 g/mol. The summed E-state index contributed by atoms with van der Waals surface area (Å²) in [6.07, 6.45) is 1.51. The molecule has 27 heavy (non-hydrogen) atoms. The first-order chi connectivity index (χ1) is 12.6. The number of amides is 1. The molecular formula is C21H22ClN3O2. The van der Waals surface area contributed by atoms with Crippen LogP contribution < -0.4 is 10.7 Å². The van der Waals surface area contributed by atoms with Crippen molar-refractivity contribution in [1.82, 2.24) is 15.3 Å². The normalized spacial score (nSPS) is 11.6. The van der Waals surface area contributed by atoms with Crippen LogP contribution in [0.2, 0.25) is 5.02 Å². The van der Waals surface area contributed by atoms with Crippen LogP contribution in [0, 0.1) is 6.92 Å².